The third-order valence-electron chi connectivity index (χ3n) is 11.9. The van der Waals surface area contributed by atoms with Crippen LogP contribution in [0, 0.1) is 0 Å². The molecular formula is C52H32N4. The molecule has 1 aliphatic heterocycles. The molecule has 4 heteroatoms. The molecule has 0 radical (unpaired) electrons. The van der Waals surface area contributed by atoms with Crippen molar-refractivity contribution in [3.05, 3.63) is 216 Å². The van der Waals surface area contributed by atoms with E-state index in [1.807, 2.05) is 48.5 Å². The molecule has 2 aliphatic rings. The van der Waals surface area contributed by atoms with Crippen LogP contribution in [-0.2, 0) is 5.41 Å². The average molecular weight is 713 g/mol. The van der Waals surface area contributed by atoms with Crippen molar-refractivity contribution in [1.82, 2.24) is 19.7 Å². The fourth-order valence-electron chi connectivity index (χ4n) is 9.62. The highest BCUT2D eigenvalue weighted by molar-refractivity contribution is 6.12. The van der Waals surface area contributed by atoms with Gasteiger partial charge in [-0.2, -0.15) is 0 Å². The number of fused-ring (bicyclic) bond motifs is 12. The zero-order valence-corrected chi connectivity index (χ0v) is 30.3. The molecule has 8 aromatic carbocycles. The maximum absolute atomic E-state index is 5.10. The van der Waals surface area contributed by atoms with Crippen molar-refractivity contribution in [3.63, 3.8) is 0 Å². The van der Waals surface area contributed by atoms with Gasteiger partial charge in [-0.15, -0.1) is 10.2 Å². The number of aromatic nitrogens is 4. The van der Waals surface area contributed by atoms with E-state index in [1.54, 1.807) is 0 Å². The predicted octanol–water partition coefficient (Wildman–Crippen LogP) is 12.3. The normalized spacial score (nSPS) is 14.9. The molecule has 1 aliphatic carbocycles. The Morgan fingerprint density at radius 1 is 0.375 bits per heavy atom. The first-order valence-electron chi connectivity index (χ1n) is 19.1. The van der Waals surface area contributed by atoms with Gasteiger partial charge in [-0.05, 0) is 68.8 Å². The van der Waals surface area contributed by atoms with Gasteiger partial charge in [0.2, 0.25) is 0 Å². The minimum atomic E-state index is -0.473. The molecule has 3 heterocycles. The van der Waals surface area contributed by atoms with Gasteiger partial charge in [0.25, 0.3) is 0 Å². The summed E-state index contributed by atoms with van der Waals surface area (Å²) in [7, 11) is 0. The van der Waals surface area contributed by atoms with E-state index in [2.05, 4.69) is 155 Å². The van der Waals surface area contributed by atoms with Crippen molar-refractivity contribution < 1.29 is 0 Å². The van der Waals surface area contributed by atoms with Crippen LogP contribution in [0.15, 0.2) is 194 Å². The van der Waals surface area contributed by atoms with Gasteiger partial charge in [0.15, 0.2) is 5.82 Å². The molecule has 1 atom stereocenters. The van der Waals surface area contributed by atoms with Gasteiger partial charge in [-0.3, -0.25) is 0 Å². The smallest absolute Gasteiger partial charge is 0.182 e. The highest BCUT2D eigenvalue weighted by Gasteiger charge is 2.50. The molecule has 12 rings (SSSR count). The maximum Gasteiger partial charge on any atom is 0.182 e. The Labute approximate surface area is 324 Å². The van der Waals surface area contributed by atoms with Crippen LogP contribution in [0.3, 0.4) is 0 Å². The lowest BCUT2D eigenvalue weighted by atomic mass is 9.65. The molecule has 10 aromatic rings. The largest absolute Gasteiger partial charge is 0.309 e. The van der Waals surface area contributed by atoms with Gasteiger partial charge < -0.3 is 4.57 Å². The van der Waals surface area contributed by atoms with Crippen LogP contribution in [0.1, 0.15) is 22.3 Å². The first kappa shape index (κ1) is 31.0. The second-order valence-electron chi connectivity index (χ2n) is 14.8. The molecule has 0 saturated carbocycles. The fraction of sp³-hybridized carbons (Fsp3) is 0.0192. The summed E-state index contributed by atoms with van der Waals surface area (Å²) in [6.07, 6.45) is 0. The highest BCUT2D eigenvalue weighted by atomic mass is 15.2. The molecule has 0 bridgehead atoms. The molecule has 260 valence electrons. The molecule has 0 saturated heterocycles. The van der Waals surface area contributed by atoms with Crippen LogP contribution in [0.25, 0.3) is 83.6 Å². The summed E-state index contributed by atoms with van der Waals surface area (Å²) >= 11 is 0. The van der Waals surface area contributed by atoms with Crippen molar-refractivity contribution in [3.8, 4) is 61.8 Å². The summed E-state index contributed by atoms with van der Waals surface area (Å²) in [5, 5.41) is 12.0. The summed E-state index contributed by atoms with van der Waals surface area (Å²) in [6.45, 7) is 0. The van der Waals surface area contributed by atoms with E-state index in [0.717, 1.165) is 39.2 Å². The van der Waals surface area contributed by atoms with Crippen LogP contribution in [0.4, 0.5) is 0 Å². The zero-order valence-electron chi connectivity index (χ0n) is 30.3. The maximum atomic E-state index is 5.10. The topological polar surface area (TPSA) is 43.6 Å². The van der Waals surface area contributed by atoms with Gasteiger partial charge in [-0.1, -0.05) is 170 Å². The Balaban J connectivity index is 1.06. The molecule has 56 heavy (non-hydrogen) atoms. The predicted molar refractivity (Wildman–Crippen MR) is 227 cm³/mol. The van der Waals surface area contributed by atoms with Crippen LogP contribution in [0.5, 0.6) is 0 Å². The SMILES string of the molecule is c1ccc(-c2nnc(-c3cccc(-c4ccc5c(c4)-c4ccccc4C54c5ccccc5-n5c6ccccc6c6cccc4c65)c3)c(-c3ccccc3)n2)cc1. The van der Waals surface area contributed by atoms with E-state index in [9.17, 15) is 0 Å². The number of para-hydroxylation sites is 3. The van der Waals surface area contributed by atoms with Crippen LogP contribution >= 0.6 is 0 Å². The average Bonchev–Trinajstić information content (AvgIpc) is 3.77. The number of hydrogen-bond acceptors (Lipinski definition) is 3. The number of benzene rings is 8. The van der Waals surface area contributed by atoms with Crippen molar-refractivity contribution in [1.29, 1.82) is 0 Å². The van der Waals surface area contributed by atoms with E-state index < -0.39 is 5.41 Å². The summed E-state index contributed by atoms with van der Waals surface area (Å²) in [6, 6.07) is 69.8. The molecule has 0 fully saturated rings. The fourth-order valence-corrected chi connectivity index (χ4v) is 9.62. The van der Waals surface area contributed by atoms with Crippen molar-refractivity contribution in [2.45, 2.75) is 5.41 Å². The number of nitrogens with zero attached hydrogens (tertiary/aromatic N) is 4. The van der Waals surface area contributed by atoms with E-state index in [1.165, 1.54) is 60.9 Å². The minimum Gasteiger partial charge on any atom is -0.309 e. The van der Waals surface area contributed by atoms with E-state index in [-0.39, 0.29) is 0 Å². The third kappa shape index (κ3) is 4.21. The van der Waals surface area contributed by atoms with Gasteiger partial charge in [-0.25, -0.2) is 4.98 Å². The van der Waals surface area contributed by atoms with E-state index >= 15 is 0 Å². The summed E-state index contributed by atoms with van der Waals surface area (Å²) in [5.41, 5.74) is 17.8. The first-order chi connectivity index (χ1) is 27.8. The van der Waals surface area contributed by atoms with E-state index in [4.69, 9.17) is 10.1 Å². The van der Waals surface area contributed by atoms with Crippen molar-refractivity contribution in [2.75, 3.05) is 0 Å². The van der Waals surface area contributed by atoms with Gasteiger partial charge in [0.05, 0.1) is 22.1 Å². The Morgan fingerprint density at radius 3 is 1.88 bits per heavy atom. The second kappa shape index (κ2) is 11.8. The molecule has 0 amide bonds. The molecule has 0 N–H and O–H groups in total. The zero-order chi connectivity index (χ0) is 36.8. The number of rotatable bonds is 4. The molecule has 1 unspecified atom stereocenters. The lowest BCUT2D eigenvalue weighted by molar-refractivity contribution is 0.748. The van der Waals surface area contributed by atoms with Crippen LogP contribution in [0.2, 0.25) is 0 Å². The van der Waals surface area contributed by atoms with Gasteiger partial charge in [0.1, 0.15) is 11.4 Å². The van der Waals surface area contributed by atoms with Crippen molar-refractivity contribution >= 4 is 21.8 Å². The second-order valence-corrected chi connectivity index (χ2v) is 14.8. The van der Waals surface area contributed by atoms with Crippen LogP contribution in [-0.4, -0.2) is 19.7 Å². The lowest BCUT2D eigenvalue weighted by Crippen LogP contribution is -2.33. The van der Waals surface area contributed by atoms with Crippen molar-refractivity contribution in [2.24, 2.45) is 0 Å². The minimum absolute atomic E-state index is 0.473. The van der Waals surface area contributed by atoms with Gasteiger partial charge >= 0.3 is 0 Å². The molecule has 4 nitrogen and oxygen atoms in total. The molecule has 1 spiro atoms. The Kier molecular flexibility index (Phi) is 6.52. The monoisotopic (exact) mass is 712 g/mol. The standard InChI is InChI=1S/C52H32N4/c1-3-15-33(16-4-1)48-49(54-55-51(53-48)34-17-5-2-6-18-34)37-20-13-19-35(31-37)36-29-30-43-41(32-36)38-21-7-9-24-42(38)52(43)44-25-10-12-28-47(44)56-46-27-11-8-22-39(46)40-23-14-26-45(52)50(40)56/h1-32H. The van der Waals surface area contributed by atoms with Crippen LogP contribution < -0.4 is 0 Å². The summed E-state index contributed by atoms with van der Waals surface area (Å²) < 4.78 is 2.49. The molecule has 2 aromatic heterocycles. The molecular weight excluding hydrogens is 681 g/mol. The first-order valence-corrected chi connectivity index (χ1v) is 19.1. The lowest BCUT2D eigenvalue weighted by Gasteiger charge is -2.39. The Bertz CT molecular complexity index is 3200. The van der Waals surface area contributed by atoms with E-state index in [0.29, 0.717) is 5.82 Å². The number of hydrogen-bond donors (Lipinski definition) is 0. The Hall–Kier alpha value is -7.43. The summed E-state index contributed by atoms with van der Waals surface area (Å²) in [5.74, 6) is 0.607. The quantitative estimate of drug-likeness (QED) is 0.182. The third-order valence-corrected chi connectivity index (χ3v) is 11.9. The Morgan fingerprint density at radius 2 is 1.00 bits per heavy atom. The summed E-state index contributed by atoms with van der Waals surface area (Å²) in [4.78, 5) is 5.10. The van der Waals surface area contributed by atoms with Gasteiger partial charge in [0, 0.05) is 27.5 Å². The highest BCUT2D eigenvalue weighted by Crippen LogP contribution is 2.61.